The summed E-state index contributed by atoms with van der Waals surface area (Å²) in [6.45, 7) is 0. The van der Waals surface area contributed by atoms with Crippen LogP contribution in [-0.2, 0) is 25.6 Å². The molecule has 0 aliphatic heterocycles. The molecule has 35 heavy (non-hydrogen) atoms. The van der Waals surface area contributed by atoms with E-state index in [1.807, 2.05) is 6.07 Å². The van der Waals surface area contributed by atoms with Crippen molar-refractivity contribution in [3.63, 3.8) is 0 Å². The van der Waals surface area contributed by atoms with E-state index < -0.39 is 52.0 Å². The van der Waals surface area contributed by atoms with E-state index in [1.165, 1.54) is 13.2 Å². The van der Waals surface area contributed by atoms with Gasteiger partial charge in [0.25, 0.3) is 5.91 Å². The first kappa shape index (κ1) is 23.1. The van der Waals surface area contributed by atoms with Gasteiger partial charge in [-0.05, 0) is 54.7 Å². The number of aliphatic hydroxyl groups is 3. The number of nitrogens with zero attached hydrogens (tertiary/aromatic N) is 1. The molecule has 3 atom stereocenters. The van der Waals surface area contributed by atoms with Crippen molar-refractivity contribution in [2.75, 3.05) is 7.11 Å². The van der Waals surface area contributed by atoms with Crippen LogP contribution in [0.25, 0.3) is 5.76 Å². The number of carbonyl (C=O) groups excluding carboxylic acids is 3. The number of oxime groups is 1. The fraction of sp³-hybridized carbons (Fsp3) is 0.440. The summed E-state index contributed by atoms with van der Waals surface area (Å²) in [5.74, 6) is -7.08. The second kappa shape index (κ2) is 7.94. The number of fused-ring (bicyclic) bond motifs is 3. The molecule has 2 fully saturated rings. The van der Waals surface area contributed by atoms with Gasteiger partial charge in [0.05, 0.1) is 11.5 Å². The Balaban J connectivity index is 1.71. The SMILES string of the molecule is CO/N=C1\C(O)=C(C(N)=O)C(=O)[C@@]2(O)C(=O)C3=C(O)c4c(O)ccc(C5CCCC5)c4C[C@H]3C[C@@H]12. The molecule has 1 amide bonds. The molecule has 10 nitrogen and oxygen atoms in total. The molecule has 4 aliphatic carbocycles. The number of Topliss-reactive ketones (excluding diaryl/α,β-unsaturated/α-hetero) is 2. The molecule has 5 rings (SSSR count). The number of hydrogen-bond acceptors (Lipinski definition) is 9. The first-order valence-corrected chi connectivity index (χ1v) is 11.6. The zero-order valence-corrected chi connectivity index (χ0v) is 19.1. The summed E-state index contributed by atoms with van der Waals surface area (Å²) in [7, 11) is 1.18. The van der Waals surface area contributed by atoms with Crippen LogP contribution in [0, 0.1) is 11.8 Å². The van der Waals surface area contributed by atoms with Gasteiger partial charge in [-0.25, -0.2) is 0 Å². The molecule has 2 saturated carbocycles. The molecule has 1 aromatic rings. The van der Waals surface area contributed by atoms with E-state index in [2.05, 4.69) is 5.16 Å². The lowest BCUT2D eigenvalue weighted by Crippen LogP contribution is -2.64. The van der Waals surface area contributed by atoms with Crippen LogP contribution in [0.5, 0.6) is 5.75 Å². The topological polar surface area (TPSA) is 180 Å². The number of nitrogens with two attached hydrogens (primary N) is 1. The third-order valence-corrected chi connectivity index (χ3v) is 7.91. The van der Waals surface area contributed by atoms with Crippen molar-refractivity contribution in [2.45, 2.75) is 50.0 Å². The van der Waals surface area contributed by atoms with Crippen LogP contribution in [0.1, 0.15) is 54.7 Å². The number of primary amides is 1. The van der Waals surface area contributed by atoms with Gasteiger partial charge in [0, 0.05) is 5.57 Å². The molecule has 0 radical (unpaired) electrons. The van der Waals surface area contributed by atoms with Crippen LogP contribution in [-0.4, -0.2) is 56.3 Å². The van der Waals surface area contributed by atoms with Crippen molar-refractivity contribution in [2.24, 2.45) is 22.7 Å². The Labute approximate surface area is 200 Å². The van der Waals surface area contributed by atoms with Crippen molar-refractivity contribution in [1.29, 1.82) is 0 Å². The summed E-state index contributed by atoms with van der Waals surface area (Å²) in [5.41, 5.74) is 2.77. The zero-order chi connectivity index (χ0) is 25.2. The largest absolute Gasteiger partial charge is 0.507 e. The summed E-state index contributed by atoms with van der Waals surface area (Å²) >= 11 is 0. The number of aromatic hydroxyl groups is 1. The minimum atomic E-state index is -2.83. The molecule has 0 aromatic heterocycles. The third kappa shape index (κ3) is 3.05. The first-order valence-electron chi connectivity index (χ1n) is 11.6. The van der Waals surface area contributed by atoms with Crippen LogP contribution < -0.4 is 5.73 Å². The van der Waals surface area contributed by atoms with Gasteiger partial charge < -0.3 is 31.0 Å². The molecule has 0 bridgehead atoms. The summed E-state index contributed by atoms with van der Waals surface area (Å²) in [6.07, 6.45) is 4.34. The van der Waals surface area contributed by atoms with Gasteiger partial charge in [-0.3, -0.25) is 14.4 Å². The van der Waals surface area contributed by atoms with E-state index in [4.69, 9.17) is 10.6 Å². The molecule has 1 aromatic carbocycles. The molecule has 0 unspecified atom stereocenters. The Morgan fingerprint density at radius 2 is 1.77 bits per heavy atom. The minimum absolute atomic E-state index is 0.0507. The van der Waals surface area contributed by atoms with Gasteiger partial charge in [0.1, 0.15) is 29.9 Å². The Morgan fingerprint density at radius 3 is 2.40 bits per heavy atom. The van der Waals surface area contributed by atoms with Gasteiger partial charge in [-0.2, -0.15) is 0 Å². The normalized spacial score (nSPS) is 29.8. The average molecular weight is 482 g/mol. The van der Waals surface area contributed by atoms with Gasteiger partial charge in [-0.15, -0.1) is 0 Å². The number of aliphatic hydroxyl groups excluding tert-OH is 2. The third-order valence-electron chi connectivity index (χ3n) is 7.91. The quantitative estimate of drug-likeness (QED) is 0.245. The minimum Gasteiger partial charge on any atom is -0.507 e. The van der Waals surface area contributed by atoms with Crippen molar-refractivity contribution >= 4 is 28.9 Å². The number of carbonyl (C=O) groups is 3. The van der Waals surface area contributed by atoms with Crippen molar-refractivity contribution in [1.82, 2.24) is 0 Å². The molecule has 10 heteroatoms. The van der Waals surface area contributed by atoms with Gasteiger partial charge in [-0.1, -0.05) is 24.1 Å². The number of ketones is 2. The maximum absolute atomic E-state index is 13.7. The number of amides is 1. The lowest BCUT2D eigenvalue weighted by atomic mass is 9.57. The molecule has 4 aliphatic rings. The summed E-state index contributed by atoms with van der Waals surface area (Å²) in [4.78, 5) is 43.6. The lowest BCUT2D eigenvalue weighted by Gasteiger charge is -2.45. The van der Waals surface area contributed by atoms with Gasteiger partial charge in [0.15, 0.2) is 11.4 Å². The molecule has 0 saturated heterocycles. The monoisotopic (exact) mass is 482 g/mol. The molecular weight excluding hydrogens is 456 g/mol. The van der Waals surface area contributed by atoms with Crippen molar-refractivity contribution in [3.8, 4) is 5.75 Å². The van der Waals surface area contributed by atoms with Gasteiger partial charge in [0.2, 0.25) is 11.6 Å². The highest BCUT2D eigenvalue weighted by Gasteiger charge is 2.64. The molecule has 0 spiro atoms. The predicted molar refractivity (Wildman–Crippen MR) is 122 cm³/mol. The van der Waals surface area contributed by atoms with Crippen LogP contribution in [0.15, 0.2) is 34.2 Å². The number of benzene rings is 1. The molecule has 0 heterocycles. The number of allylic oxidation sites excluding steroid dienone is 1. The van der Waals surface area contributed by atoms with E-state index in [0.717, 1.165) is 36.8 Å². The van der Waals surface area contributed by atoms with E-state index in [0.29, 0.717) is 0 Å². The van der Waals surface area contributed by atoms with E-state index in [9.17, 15) is 34.8 Å². The first-order chi connectivity index (χ1) is 16.6. The highest BCUT2D eigenvalue weighted by Crippen LogP contribution is 2.52. The highest BCUT2D eigenvalue weighted by atomic mass is 16.6. The van der Waals surface area contributed by atoms with E-state index in [-0.39, 0.29) is 41.4 Å². The second-order valence-electron chi connectivity index (χ2n) is 9.63. The molecule has 184 valence electrons. The van der Waals surface area contributed by atoms with Crippen molar-refractivity contribution < 1.29 is 39.6 Å². The number of phenols is 1. The summed E-state index contributed by atoms with van der Waals surface area (Å²) < 4.78 is 0. The van der Waals surface area contributed by atoms with Gasteiger partial charge >= 0.3 is 0 Å². The Kier molecular flexibility index (Phi) is 5.24. The Hall–Kier alpha value is -3.66. The summed E-state index contributed by atoms with van der Waals surface area (Å²) in [6, 6.07) is 3.33. The van der Waals surface area contributed by atoms with E-state index in [1.54, 1.807) is 0 Å². The van der Waals surface area contributed by atoms with E-state index >= 15 is 0 Å². The maximum Gasteiger partial charge on any atom is 0.256 e. The maximum atomic E-state index is 13.7. The molecular formula is C25H26N2O8. The number of hydrogen-bond donors (Lipinski definition) is 5. The van der Waals surface area contributed by atoms with Crippen LogP contribution in [0.2, 0.25) is 0 Å². The Bertz CT molecular complexity index is 1270. The van der Waals surface area contributed by atoms with Crippen LogP contribution in [0.3, 0.4) is 0 Å². The standard InChI is InChI=1S/C25H26N2O8/c1-35-27-19-14-9-11-8-13-12(10-4-2-3-5-10)6-7-15(28)17(13)20(29)16(11)22(31)25(14,34)23(32)18(21(19)30)24(26)33/h6-7,10-11,14,28-30,34H,2-5,8-9H2,1H3,(H2,26,33)/b27-19-/t11-,14-,25-/m0/s1. The smallest absolute Gasteiger partial charge is 0.256 e. The lowest BCUT2D eigenvalue weighted by molar-refractivity contribution is -0.153. The number of rotatable bonds is 3. The zero-order valence-electron chi connectivity index (χ0n) is 19.1. The van der Waals surface area contributed by atoms with Crippen LogP contribution in [0.4, 0.5) is 0 Å². The average Bonchev–Trinajstić information content (AvgIpc) is 3.33. The number of phenolic OH excluding ortho intramolecular Hbond substituents is 1. The fourth-order valence-electron chi connectivity index (χ4n) is 6.34. The molecule has 6 N–H and O–H groups in total. The highest BCUT2D eigenvalue weighted by molar-refractivity contribution is 6.38. The summed E-state index contributed by atoms with van der Waals surface area (Å²) in [5, 5.41) is 47.6. The van der Waals surface area contributed by atoms with Crippen LogP contribution >= 0.6 is 0 Å². The predicted octanol–water partition coefficient (Wildman–Crippen LogP) is 1.69. The van der Waals surface area contributed by atoms with Crippen molar-refractivity contribution in [3.05, 3.63) is 45.7 Å². The second-order valence-corrected chi connectivity index (χ2v) is 9.63. The Morgan fingerprint density at radius 1 is 1.09 bits per heavy atom. The fourth-order valence-corrected chi connectivity index (χ4v) is 6.34.